The second-order valence-corrected chi connectivity index (χ2v) is 6.33. The first-order chi connectivity index (χ1) is 13.5. The number of amides is 1. The molecule has 0 spiro atoms. The smallest absolute Gasteiger partial charge is 0.263 e. The number of carbonyl (C=O) groups is 1. The van der Waals surface area contributed by atoms with Crippen LogP contribution in [0.1, 0.15) is 16.7 Å². The van der Waals surface area contributed by atoms with Crippen molar-refractivity contribution in [3.05, 3.63) is 64.9 Å². The maximum atomic E-state index is 12.3. The highest BCUT2D eigenvalue weighted by atomic mass is 16.5. The van der Waals surface area contributed by atoms with Crippen molar-refractivity contribution in [2.75, 3.05) is 26.1 Å². The fraction of sp³-hybridized carbons (Fsp3) is 0.273. The van der Waals surface area contributed by atoms with Gasteiger partial charge in [-0.25, -0.2) is 0 Å². The van der Waals surface area contributed by atoms with E-state index in [1.165, 1.54) is 6.20 Å². The first-order valence-electron chi connectivity index (χ1n) is 8.91. The third-order valence-corrected chi connectivity index (χ3v) is 4.27. The Morgan fingerprint density at radius 3 is 2.50 bits per heavy atom. The van der Waals surface area contributed by atoms with Gasteiger partial charge in [0.15, 0.2) is 11.5 Å². The summed E-state index contributed by atoms with van der Waals surface area (Å²) in [6.07, 6.45) is 2.04. The molecule has 0 aromatic heterocycles. The molecule has 0 atom stereocenters. The third kappa shape index (κ3) is 5.52. The fourth-order valence-electron chi connectivity index (χ4n) is 2.73. The lowest BCUT2D eigenvalue weighted by atomic mass is 10.1. The van der Waals surface area contributed by atoms with Crippen LogP contribution in [0.2, 0.25) is 0 Å². The molecule has 0 aliphatic rings. The second-order valence-electron chi connectivity index (χ2n) is 6.33. The number of nitriles is 1. The normalized spacial score (nSPS) is 10.8. The maximum Gasteiger partial charge on any atom is 0.263 e. The van der Waals surface area contributed by atoms with Crippen LogP contribution in [0.25, 0.3) is 0 Å². The SMILES string of the molecule is COc1ccc(CCNC(=O)/C(C#N)=C\Nc2ccc(C)cc2C)cc1OC. The third-order valence-electron chi connectivity index (χ3n) is 4.27. The second kappa shape index (κ2) is 10.0. The molecule has 0 radical (unpaired) electrons. The number of hydrogen-bond acceptors (Lipinski definition) is 5. The molecule has 2 aromatic carbocycles. The molecule has 0 unspecified atom stereocenters. The van der Waals surface area contributed by atoms with Gasteiger partial charge in [0.25, 0.3) is 5.91 Å². The molecule has 28 heavy (non-hydrogen) atoms. The molecule has 0 saturated carbocycles. The lowest BCUT2D eigenvalue weighted by Gasteiger charge is -2.10. The Kier molecular flexibility index (Phi) is 7.46. The van der Waals surface area contributed by atoms with Crippen LogP contribution in [0.5, 0.6) is 11.5 Å². The van der Waals surface area contributed by atoms with Crippen molar-refractivity contribution in [1.82, 2.24) is 5.32 Å². The number of anilines is 1. The zero-order valence-electron chi connectivity index (χ0n) is 16.6. The zero-order chi connectivity index (χ0) is 20.5. The summed E-state index contributed by atoms with van der Waals surface area (Å²) < 4.78 is 10.5. The summed E-state index contributed by atoms with van der Waals surface area (Å²) in [4.78, 5) is 12.3. The number of benzene rings is 2. The van der Waals surface area contributed by atoms with E-state index in [1.807, 2.05) is 56.3 Å². The number of nitrogens with one attached hydrogen (secondary N) is 2. The minimum atomic E-state index is -0.416. The molecule has 1 amide bonds. The van der Waals surface area contributed by atoms with Crippen molar-refractivity contribution in [2.45, 2.75) is 20.3 Å². The summed E-state index contributed by atoms with van der Waals surface area (Å²) in [5.74, 6) is 0.879. The summed E-state index contributed by atoms with van der Waals surface area (Å²) in [7, 11) is 3.16. The fourth-order valence-corrected chi connectivity index (χ4v) is 2.73. The van der Waals surface area contributed by atoms with Crippen LogP contribution < -0.4 is 20.1 Å². The lowest BCUT2D eigenvalue weighted by Crippen LogP contribution is -2.27. The van der Waals surface area contributed by atoms with E-state index >= 15 is 0 Å². The van der Waals surface area contributed by atoms with Gasteiger partial charge in [-0.05, 0) is 49.6 Å². The number of ether oxygens (including phenoxy) is 2. The first-order valence-corrected chi connectivity index (χ1v) is 8.91. The molecule has 146 valence electrons. The number of rotatable bonds is 8. The Morgan fingerprint density at radius 1 is 1.11 bits per heavy atom. The Balaban J connectivity index is 1.94. The topological polar surface area (TPSA) is 83.4 Å². The van der Waals surface area contributed by atoms with E-state index in [4.69, 9.17) is 9.47 Å². The van der Waals surface area contributed by atoms with Gasteiger partial charge in [-0.15, -0.1) is 0 Å². The van der Waals surface area contributed by atoms with Crippen molar-refractivity contribution >= 4 is 11.6 Å². The lowest BCUT2D eigenvalue weighted by molar-refractivity contribution is -0.117. The average molecular weight is 379 g/mol. The van der Waals surface area contributed by atoms with Gasteiger partial charge in [-0.2, -0.15) is 5.26 Å². The largest absolute Gasteiger partial charge is 0.493 e. The van der Waals surface area contributed by atoms with Crippen molar-refractivity contribution in [3.8, 4) is 17.6 Å². The summed E-state index contributed by atoms with van der Waals surface area (Å²) >= 11 is 0. The highest BCUT2D eigenvalue weighted by Crippen LogP contribution is 2.27. The standard InChI is InChI=1S/C22H25N3O3/c1-15-5-7-19(16(2)11-15)25-14-18(13-23)22(26)24-10-9-17-6-8-20(27-3)21(12-17)28-4/h5-8,11-12,14,25H,9-10H2,1-4H3,(H,24,26)/b18-14-. The Bertz CT molecular complexity index is 914. The molecule has 2 N–H and O–H groups in total. The van der Waals surface area contributed by atoms with Gasteiger partial charge in [0.1, 0.15) is 11.6 Å². The molecule has 0 aliphatic carbocycles. The van der Waals surface area contributed by atoms with Gasteiger partial charge in [-0.1, -0.05) is 23.8 Å². The monoisotopic (exact) mass is 379 g/mol. The van der Waals surface area contributed by atoms with E-state index in [0.29, 0.717) is 24.5 Å². The van der Waals surface area contributed by atoms with Crippen LogP contribution in [0.3, 0.4) is 0 Å². The number of nitrogens with zero attached hydrogens (tertiary/aromatic N) is 1. The van der Waals surface area contributed by atoms with Gasteiger partial charge in [0.05, 0.1) is 14.2 Å². The van der Waals surface area contributed by atoms with Crippen LogP contribution in [-0.4, -0.2) is 26.7 Å². The van der Waals surface area contributed by atoms with Gasteiger partial charge in [0.2, 0.25) is 0 Å². The first kappa shape index (κ1) is 20.8. The van der Waals surface area contributed by atoms with E-state index < -0.39 is 5.91 Å². The van der Waals surface area contributed by atoms with Gasteiger partial charge >= 0.3 is 0 Å². The van der Waals surface area contributed by atoms with E-state index in [0.717, 1.165) is 22.4 Å². The molecule has 2 rings (SSSR count). The molecule has 2 aromatic rings. The van der Waals surface area contributed by atoms with Crippen LogP contribution in [0.4, 0.5) is 5.69 Å². The zero-order valence-corrected chi connectivity index (χ0v) is 16.6. The molecule has 0 heterocycles. The van der Waals surface area contributed by atoms with Crippen LogP contribution in [0, 0.1) is 25.2 Å². The number of methoxy groups -OCH3 is 2. The number of carbonyl (C=O) groups excluding carboxylic acids is 1. The van der Waals surface area contributed by atoms with E-state index in [9.17, 15) is 10.1 Å². The van der Waals surface area contributed by atoms with Gasteiger partial charge in [0, 0.05) is 18.4 Å². The van der Waals surface area contributed by atoms with Crippen molar-refractivity contribution in [3.63, 3.8) is 0 Å². The molecule has 0 saturated heterocycles. The number of aryl methyl sites for hydroxylation is 2. The molecular formula is C22H25N3O3. The van der Waals surface area contributed by atoms with Crippen LogP contribution in [0.15, 0.2) is 48.2 Å². The average Bonchev–Trinajstić information content (AvgIpc) is 2.69. The Morgan fingerprint density at radius 2 is 1.86 bits per heavy atom. The highest BCUT2D eigenvalue weighted by molar-refractivity contribution is 5.97. The van der Waals surface area contributed by atoms with E-state index in [2.05, 4.69) is 10.6 Å². The van der Waals surface area contributed by atoms with E-state index in [1.54, 1.807) is 14.2 Å². The number of hydrogen-bond donors (Lipinski definition) is 2. The van der Waals surface area contributed by atoms with Gasteiger partial charge in [-0.3, -0.25) is 4.79 Å². The molecule has 6 nitrogen and oxygen atoms in total. The molecule has 0 bridgehead atoms. The van der Waals surface area contributed by atoms with Crippen molar-refractivity contribution < 1.29 is 14.3 Å². The maximum absolute atomic E-state index is 12.3. The summed E-state index contributed by atoms with van der Waals surface area (Å²) in [6.45, 7) is 4.38. The minimum absolute atomic E-state index is 0.0206. The molecular weight excluding hydrogens is 354 g/mol. The Labute approximate surface area is 165 Å². The highest BCUT2D eigenvalue weighted by Gasteiger charge is 2.09. The van der Waals surface area contributed by atoms with Gasteiger partial charge < -0.3 is 20.1 Å². The Hall–Kier alpha value is -3.46. The minimum Gasteiger partial charge on any atom is -0.493 e. The molecule has 0 aliphatic heterocycles. The summed E-state index contributed by atoms with van der Waals surface area (Å²) in [5, 5.41) is 15.1. The summed E-state index contributed by atoms with van der Waals surface area (Å²) in [6, 6.07) is 13.5. The quantitative estimate of drug-likeness (QED) is 0.542. The van der Waals surface area contributed by atoms with Crippen molar-refractivity contribution in [1.29, 1.82) is 5.26 Å². The molecule has 6 heteroatoms. The van der Waals surface area contributed by atoms with Crippen LogP contribution >= 0.6 is 0 Å². The van der Waals surface area contributed by atoms with E-state index in [-0.39, 0.29) is 5.57 Å². The van der Waals surface area contributed by atoms with Crippen LogP contribution in [-0.2, 0) is 11.2 Å². The molecule has 0 fully saturated rings. The van der Waals surface area contributed by atoms with Crippen molar-refractivity contribution in [2.24, 2.45) is 0 Å². The summed E-state index contributed by atoms with van der Waals surface area (Å²) in [5.41, 5.74) is 4.07. The predicted molar refractivity (Wildman–Crippen MR) is 109 cm³/mol. The predicted octanol–water partition coefficient (Wildman–Crippen LogP) is 3.50.